The minimum Gasteiger partial charge on any atom is -0.325 e. The van der Waals surface area contributed by atoms with Crippen LogP contribution < -0.4 is 5.32 Å². The predicted octanol–water partition coefficient (Wildman–Crippen LogP) is 5.00. The number of hydrogen-bond donors (Lipinski definition) is 1. The van der Waals surface area contributed by atoms with Gasteiger partial charge in [-0.2, -0.15) is 13.9 Å². The second-order valence-electron chi connectivity index (χ2n) is 6.19. The number of carbonyl (C=O) groups is 1. The lowest BCUT2D eigenvalue weighted by Gasteiger charge is -2.07. The number of carbonyl (C=O) groups excluding carboxylic acids is 1. The van der Waals surface area contributed by atoms with Gasteiger partial charge in [0.2, 0.25) is 5.91 Å². The Labute approximate surface area is 183 Å². The van der Waals surface area contributed by atoms with Crippen molar-refractivity contribution in [1.29, 1.82) is 0 Å². The number of alkyl halides is 2. The minimum absolute atomic E-state index is 0.0847. The van der Waals surface area contributed by atoms with Crippen molar-refractivity contribution in [3.05, 3.63) is 66.9 Å². The normalized spacial score (nSPS) is 11.2. The van der Waals surface area contributed by atoms with Gasteiger partial charge in [0.15, 0.2) is 5.65 Å². The first-order valence-corrected chi connectivity index (χ1v) is 10.8. The van der Waals surface area contributed by atoms with Gasteiger partial charge in [0.05, 0.1) is 23.0 Å². The van der Waals surface area contributed by atoms with Gasteiger partial charge in [0, 0.05) is 10.6 Å². The van der Waals surface area contributed by atoms with E-state index in [9.17, 15) is 18.0 Å². The average Bonchev–Trinajstić information content (AvgIpc) is 3.19. The molecule has 2 heterocycles. The van der Waals surface area contributed by atoms with Crippen molar-refractivity contribution in [3.63, 3.8) is 0 Å². The summed E-state index contributed by atoms with van der Waals surface area (Å²) in [4.78, 5) is 21.2. The zero-order valence-electron chi connectivity index (χ0n) is 15.7. The van der Waals surface area contributed by atoms with Crippen LogP contribution in [0.3, 0.4) is 0 Å². The van der Waals surface area contributed by atoms with Gasteiger partial charge in [-0.15, -0.1) is 0 Å². The number of halogens is 3. The van der Waals surface area contributed by atoms with Gasteiger partial charge in [0.1, 0.15) is 17.2 Å². The van der Waals surface area contributed by atoms with Crippen LogP contribution in [0.4, 0.5) is 18.9 Å². The van der Waals surface area contributed by atoms with E-state index < -0.39 is 5.76 Å². The van der Waals surface area contributed by atoms with Crippen LogP contribution in [-0.4, -0.2) is 37.2 Å². The van der Waals surface area contributed by atoms with Gasteiger partial charge in [-0.3, -0.25) is 4.79 Å². The number of anilines is 1. The van der Waals surface area contributed by atoms with E-state index in [0.29, 0.717) is 44.1 Å². The summed E-state index contributed by atoms with van der Waals surface area (Å²) >= 11 is 1.66. The first kappa shape index (κ1) is 21.2. The largest absolute Gasteiger partial charge is 0.325 e. The third kappa shape index (κ3) is 5.17. The molecule has 0 aliphatic heterocycles. The maximum Gasteiger partial charge on any atom is 0.288 e. The lowest BCUT2D eigenvalue weighted by atomic mass is 10.3. The van der Waals surface area contributed by atoms with Crippen LogP contribution in [0.1, 0.15) is 0 Å². The number of fused-ring (bicyclic) bond motifs is 1. The summed E-state index contributed by atoms with van der Waals surface area (Å²) in [6.45, 7) is 0. The molecule has 31 heavy (non-hydrogen) atoms. The molecule has 6 nitrogen and oxygen atoms in total. The van der Waals surface area contributed by atoms with E-state index in [2.05, 4.69) is 20.4 Å². The molecule has 2 aromatic heterocycles. The van der Waals surface area contributed by atoms with Gasteiger partial charge >= 0.3 is 0 Å². The number of hydrogen-bond acceptors (Lipinski definition) is 6. The van der Waals surface area contributed by atoms with E-state index in [0.717, 1.165) is 0 Å². The highest BCUT2D eigenvalue weighted by Crippen LogP contribution is 2.27. The van der Waals surface area contributed by atoms with Crippen LogP contribution in [0.15, 0.2) is 71.0 Å². The van der Waals surface area contributed by atoms with Crippen molar-refractivity contribution in [2.45, 2.75) is 15.7 Å². The lowest BCUT2D eigenvalue weighted by molar-refractivity contribution is -0.113. The second kappa shape index (κ2) is 9.40. The van der Waals surface area contributed by atoms with Crippen LogP contribution in [0.2, 0.25) is 0 Å². The third-order valence-electron chi connectivity index (χ3n) is 4.10. The molecule has 0 bridgehead atoms. The number of amides is 1. The number of nitrogens with one attached hydrogen (secondary N) is 1. The Morgan fingerprint density at radius 3 is 2.52 bits per heavy atom. The van der Waals surface area contributed by atoms with Crippen LogP contribution in [0.5, 0.6) is 0 Å². The maximum absolute atomic E-state index is 13.2. The molecule has 158 valence electrons. The SMILES string of the molecule is O=C(CSc1ncnc2c1cnn2-c1ccc(F)cc1)Nc1ccc(SC(F)F)cc1. The summed E-state index contributed by atoms with van der Waals surface area (Å²) in [6.07, 6.45) is 2.97. The van der Waals surface area contributed by atoms with Crippen molar-refractivity contribution in [3.8, 4) is 5.69 Å². The van der Waals surface area contributed by atoms with E-state index >= 15 is 0 Å². The standard InChI is InChI=1S/C20H14F3N5OS2/c21-12-1-5-14(6-2-12)28-18-16(9-26-28)19(25-11-24-18)30-10-17(29)27-13-3-7-15(8-4-13)31-20(22)23/h1-9,11,20H,10H2,(H,27,29). The Balaban J connectivity index is 1.43. The summed E-state index contributed by atoms with van der Waals surface area (Å²) in [6, 6.07) is 12.1. The number of thioether (sulfide) groups is 2. The zero-order chi connectivity index (χ0) is 21.8. The highest BCUT2D eigenvalue weighted by Gasteiger charge is 2.13. The Bertz CT molecular complexity index is 1200. The minimum atomic E-state index is -2.49. The van der Waals surface area contributed by atoms with Crippen LogP contribution in [-0.2, 0) is 4.79 Å². The summed E-state index contributed by atoms with van der Waals surface area (Å²) in [5.41, 5.74) is 1.70. The smallest absolute Gasteiger partial charge is 0.288 e. The fourth-order valence-electron chi connectivity index (χ4n) is 2.76. The van der Waals surface area contributed by atoms with Crippen molar-refractivity contribution < 1.29 is 18.0 Å². The van der Waals surface area contributed by atoms with E-state index in [4.69, 9.17) is 0 Å². The van der Waals surface area contributed by atoms with Crippen LogP contribution >= 0.6 is 23.5 Å². The molecule has 0 saturated heterocycles. The van der Waals surface area contributed by atoms with Crippen molar-refractivity contribution in [1.82, 2.24) is 19.7 Å². The third-order valence-corrected chi connectivity index (χ3v) is 5.83. The maximum atomic E-state index is 13.2. The fourth-order valence-corrected chi connectivity index (χ4v) is 4.02. The molecular formula is C20H14F3N5OS2. The topological polar surface area (TPSA) is 72.7 Å². The first-order chi connectivity index (χ1) is 15.0. The molecule has 0 unspecified atom stereocenters. The molecule has 0 aliphatic rings. The molecule has 0 fully saturated rings. The van der Waals surface area contributed by atoms with Crippen molar-refractivity contribution >= 4 is 46.2 Å². The predicted molar refractivity (Wildman–Crippen MR) is 114 cm³/mol. The van der Waals surface area contributed by atoms with E-state index in [1.165, 1.54) is 42.4 Å². The van der Waals surface area contributed by atoms with Crippen LogP contribution in [0.25, 0.3) is 16.7 Å². The molecule has 11 heteroatoms. The van der Waals surface area contributed by atoms with Gasteiger partial charge in [0.25, 0.3) is 5.76 Å². The highest BCUT2D eigenvalue weighted by atomic mass is 32.2. The van der Waals surface area contributed by atoms with Crippen molar-refractivity contribution in [2.24, 2.45) is 0 Å². The highest BCUT2D eigenvalue weighted by molar-refractivity contribution is 8.00. The molecular weight excluding hydrogens is 447 g/mol. The average molecular weight is 461 g/mol. The fraction of sp³-hybridized carbons (Fsp3) is 0.100. The first-order valence-electron chi connectivity index (χ1n) is 8.92. The molecule has 0 saturated carbocycles. The number of benzene rings is 2. The molecule has 4 aromatic rings. The molecule has 4 rings (SSSR count). The van der Waals surface area contributed by atoms with Gasteiger partial charge < -0.3 is 5.32 Å². The summed E-state index contributed by atoms with van der Waals surface area (Å²) in [5, 5.41) is 8.27. The summed E-state index contributed by atoms with van der Waals surface area (Å²) in [5.74, 6) is -3.02. The zero-order valence-corrected chi connectivity index (χ0v) is 17.3. The van der Waals surface area contributed by atoms with E-state index in [-0.39, 0.29) is 17.5 Å². The Kier molecular flexibility index (Phi) is 6.42. The molecule has 0 aliphatic carbocycles. The molecule has 0 atom stereocenters. The summed E-state index contributed by atoms with van der Waals surface area (Å²) in [7, 11) is 0. The quantitative estimate of drug-likeness (QED) is 0.309. The molecule has 0 spiro atoms. The van der Waals surface area contributed by atoms with Crippen molar-refractivity contribution in [2.75, 3.05) is 11.1 Å². The molecule has 1 N–H and O–H groups in total. The van der Waals surface area contributed by atoms with Gasteiger partial charge in [-0.1, -0.05) is 23.5 Å². The van der Waals surface area contributed by atoms with Gasteiger partial charge in [-0.25, -0.2) is 19.0 Å². The lowest BCUT2D eigenvalue weighted by Crippen LogP contribution is -2.14. The Hall–Kier alpha value is -3.05. The molecule has 2 aromatic carbocycles. The van der Waals surface area contributed by atoms with E-state index in [1.54, 1.807) is 35.1 Å². The number of nitrogens with zero attached hydrogens (tertiary/aromatic N) is 4. The Morgan fingerprint density at radius 1 is 1.06 bits per heavy atom. The monoisotopic (exact) mass is 461 g/mol. The number of aromatic nitrogens is 4. The van der Waals surface area contributed by atoms with Crippen LogP contribution in [0, 0.1) is 5.82 Å². The second-order valence-corrected chi connectivity index (χ2v) is 8.22. The van der Waals surface area contributed by atoms with Gasteiger partial charge in [-0.05, 0) is 48.5 Å². The van der Waals surface area contributed by atoms with E-state index in [1.807, 2.05) is 0 Å². The molecule has 1 amide bonds. The number of rotatable bonds is 7. The molecule has 0 radical (unpaired) electrons. The Morgan fingerprint density at radius 2 is 1.81 bits per heavy atom. The summed E-state index contributed by atoms with van der Waals surface area (Å²) < 4.78 is 39.5.